The fourth-order valence-electron chi connectivity index (χ4n) is 3.14. The molecular formula is C19H28N4O4. The molecular weight excluding hydrogens is 348 g/mol. The van der Waals surface area contributed by atoms with Crippen molar-refractivity contribution in [3.63, 3.8) is 0 Å². The first-order chi connectivity index (χ1) is 13.0. The Morgan fingerprint density at radius 3 is 2.67 bits per heavy atom. The summed E-state index contributed by atoms with van der Waals surface area (Å²) in [5, 5.41) is 1.26. The van der Waals surface area contributed by atoms with E-state index in [-0.39, 0.29) is 18.4 Å². The highest BCUT2D eigenvalue weighted by Gasteiger charge is 2.30. The number of morpholine rings is 1. The molecule has 8 nitrogen and oxygen atoms in total. The minimum atomic E-state index is -0.577. The quantitative estimate of drug-likeness (QED) is 0.277. The summed E-state index contributed by atoms with van der Waals surface area (Å²) in [6, 6.07) is 5.22. The number of carbonyl (C=O) groups excluding carboxylic acids is 2. The molecule has 1 saturated carbocycles. The number of primary amides is 1. The van der Waals surface area contributed by atoms with Crippen LogP contribution in [0.5, 0.6) is 5.75 Å². The van der Waals surface area contributed by atoms with Crippen LogP contribution in [0.4, 0.5) is 0 Å². The summed E-state index contributed by atoms with van der Waals surface area (Å²) in [7, 11) is 0. The van der Waals surface area contributed by atoms with Crippen molar-refractivity contribution in [2.75, 3.05) is 39.5 Å². The molecule has 3 rings (SSSR count). The van der Waals surface area contributed by atoms with E-state index >= 15 is 0 Å². The van der Waals surface area contributed by atoms with Crippen LogP contribution in [-0.2, 0) is 16.0 Å². The maximum Gasteiger partial charge on any atom is 0.249 e. The van der Waals surface area contributed by atoms with E-state index in [1.54, 1.807) is 18.2 Å². The lowest BCUT2D eigenvalue weighted by Crippen LogP contribution is -2.40. The lowest BCUT2D eigenvalue weighted by Gasteiger charge is -2.26. The van der Waals surface area contributed by atoms with Gasteiger partial charge in [-0.1, -0.05) is 6.07 Å². The minimum absolute atomic E-state index is 0.0581. The number of carbonyl (C=O) groups is 2. The summed E-state index contributed by atoms with van der Waals surface area (Å²) in [6.45, 7) is 4.97. The minimum Gasteiger partial charge on any atom is -0.494 e. The second-order valence-electron chi connectivity index (χ2n) is 7.05. The van der Waals surface area contributed by atoms with E-state index in [1.165, 1.54) is 5.01 Å². The molecule has 0 unspecified atom stereocenters. The largest absolute Gasteiger partial charge is 0.494 e. The number of hydrogen-bond donors (Lipinski definition) is 2. The number of amides is 2. The van der Waals surface area contributed by atoms with Crippen molar-refractivity contribution < 1.29 is 19.1 Å². The monoisotopic (exact) mass is 376 g/mol. The number of benzene rings is 1. The summed E-state index contributed by atoms with van der Waals surface area (Å²) in [4.78, 5) is 26.4. The molecule has 0 spiro atoms. The van der Waals surface area contributed by atoms with Crippen LogP contribution in [0.2, 0.25) is 0 Å². The van der Waals surface area contributed by atoms with Crippen LogP contribution in [0.25, 0.3) is 0 Å². The fraction of sp³-hybridized carbons (Fsp3) is 0.579. The highest BCUT2D eigenvalue weighted by molar-refractivity contribution is 5.96. The molecule has 148 valence electrons. The van der Waals surface area contributed by atoms with Gasteiger partial charge in [-0.15, -0.1) is 0 Å². The predicted octanol–water partition coefficient (Wildman–Crippen LogP) is 0.294. The lowest BCUT2D eigenvalue weighted by molar-refractivity contribution is -0.131. The summed E-state index contributed by atoms with van der Waals surface area (Å²) in [5.74, 6) is 5.59. The topological polar surface area (TPSA) is 111 Å². The Bertz CT molecular complexity index is 672. The Morgan fingerprint density at radius 1 is 1.26 bits per heavy atom. The number of nitrogens with two attached hydrogens (primary N) is 2. The number of hydrazine groups is 1. The van der Waals surface area contributed by atoms with Crippen LogP contribution in [0.15, 0.2) is 18.2 Å². The summed E-state index contributed by atoms with van der Waals surface area (Å²) in [5.41, 5.74) is 6.37. The molecule has 4 N–H and O–H groups in total. The van der Waals surface area contributed by atoms with Gasteiger partial charge in [0.05, 0.1) is 26.2 Å². The van der Waals surface area contributed by atoms with Crippen LogP contribution in [0.3, 0.4) is 0 Å². The van der Waals surface area contributed by atoms with Gasteiger partial charge in [-0.05, 0) is 37.0 Å². The smallest absolute Gasteiger partial charge is 0.249 e. The number of hydrogen-bond acceptors (Lipinski definition) is 6. The van der Waals surface area contributed by atoms with E-state index in [2.05, 4.69) is 4.90 Å². The summed E-state index contributed by atoms with van der Waals surface area (Å²) in [6.07, 6.45) is 2.81. The van der Waals surface area contributed by atoms with E-state index in [4.69, 9.17) is 21.1 Å². The van der Waals surface area contributed by atoms with Gasteiger partial charge >= 0.3 is 0 Å². The third-order valence-electron chi connectivity index (χ3n) is 4.91. The van der Waals surface area contributed by atoms with Crippen LogP contribution in [0.1, 0.15) is 35.2 Å². The zero-order valence-corrected chi connectivity index (χ0v) is 15.6. The van der Waals surface area contributed by atoms with Gasteiger partial charge in [-0.3, -0.25) is 19.5 Å². The first kappa shape index (κ1) is 19.6. The van der Waals surface area contributed by atoms with Crippen LogP contribution >= 0.6 is 0 Å². The number of ether oxygens (including phenoxy) is 2. The number of nitrogens with zero attached hydrogens (tertiary/aromatic N) is 2. The molecule has 1 aliphatic carbocycles. The molecule has 1 aliphatic heterocycles. The molecule has 2 aliphatic rings. The van der Waals surface area contributed by atoms with Crippen molar-refractivity contribution in [1.82, 2.24) is 9.91 Å². The first-order valence-electron chi connectivity index (χ1n) is 9.47. The van der Waals surface area contributed by atoms with Gasteiger partial charge in [0.25, 0.3) is 0 Å². The van der Waals surface area contributed by atoms with E-state index in [0.29, 0.717) is 23.5 Å². The average molecular weight is 376 g/mol. The van der Waals surface area contributed by atoms with E-state index in [9.17, 15) is 9.59 Å². The molecule has 8 heteroatoms. The van der Waals surface area contributed by atoms with Gasteiger partial charge in [-0.25, -0.2) is 5.84 Å². The Morgan fingerprint density at radius 2 is 2.00 bits per heavy atom. The third kappa shape index (κ3) is 5.66. The molecule has 0 atom stereocenters. The highest BCUT2D eigenvalue weighted by atomic mass is 16.5. The zero-order chi connectivity index (χ0) is 19.2. The molecule has 0 radical (unpaired) electrons. The number of rotatable bonds is 9. The Hall–Kier alpha value is -2.16. The van der Waals surface area contributed by atoms with Gasteiger partial charge in [-0.2, -0.15) is 0 Å². The maximum atomic E-state index is 12.2. The van der Waals surface area contributed by atoms with Crippen molar-refractivity contribution >= 4 is 11.8 Å². The molecule has 1 saturated heterocycles. The summed E-state index contributed by atoms with van der Waals surface area (Å²) < 4.78 is 11.1. The molecule has 2 fully saturated rings. The van der Waals surface area contributed by atoms with Gasteiger partial charge in [0.1, 0.15) is 5.75 Å². The average Bonchev–Trinajstić information content (AvgIpc) is 3.51. The molecule has 1 aromatic rings. The molecule has 2 amide bonds. The predicted molar refractivity (Wildman–Crippen MR) is 100 cm³/mol. The van der Waals surface area contributed by atoms with Gasteiger partial charge in [0.2, 0.25) is 11.8 Å². The van der Waals surface area contributed by atoms with Gasteiger partial charge in [0.15, 0.2) is 0 Å². The zero-order valence-electron chi connectivity index (χ0n) is 15.6. The normalized spacial score (nSPS) is 17.5. The van der Waals surface area contributed by atoms with E-state index in [0.717, 1.165) is 52.1 Å². The van der Waals surface area contributed by atoms with E-state index < -0.39 is 5.91 Å². The molecule has 0 bridgehead atoms. The van der Waals surface area contributed by atoms with Gasteiger partial charge in [0, 0.05) is 31.2 Å². The van der Waals surface area contributed by atoms with Crippen LogP contribution in [0, 0.1) is 0 Å². The SMILES string of the molecule is NC(=O)c1cc(OCCCN2CCOCC2)ccc1CC(=O)N(N)C1CC1. The molecule has 1 heterocycles. The van der Waals surface area contributed by atoms with E-state index in [1.807, 2.05) is 0 Å². The second kappa shape index (κ2) is 9.16. The summed E-state index contributed by atoms with van der Waals surface area (Å²) >= 11 is 0. The standard InChI is InChI=1S/C19H28N4O4/c20-19(25)17-13-16(27-9-1-6-22-7-10-26-11-8-22)5-2-14(17)12-18(24)23(21)15-3-4-15/h2,5,13,15H,1,3-4,6-12,21H2,(H2,20,25). The fourth-order valence-corrected chi connectivity index (χ4v) is 3.14. The van der Waals surface area contributed by atoms with Crippen molar-refractivity contribution in [3.8, 4) is 5.75 Å². The molecule has 0 aromatic heterocycles. The Labute approximate surface area is 159 Å². The van der Waals surface area contributed by atoms with Crippen molar-refractivity contribution in [1.29, 1.82) is 0 Å². The lowest BCUT2D eigenvalue weighted by atomic mass is 10.0. The van der Waals surface area contributed by atoms with Crippen molar-refractivity contribution in [3.05, 3.63) is 29.3 Å². The maximum absolute atomic E-state index is 12.2. The van der Waals surface area contributed by atoms with Gasteiger partial charge < -0.3 is 15.2 Å². The third-order valence-corrected chi connectivity index (χ3v) is 4.91. The van der Waals surface area contributed by atoms with Crippen molar-refractivity contribution in [2.45, 2.75) is 31.7 Å². The first-order valence-corrected chi connectivity index (χ1v) is 9.47. The van der Waals surface area contributed by atoms with Crippen LogP contribution < -0.4 is 16.3 Å². The Kier molecular flexibility index (Phi) is 6.65. The molecule has 27 heavy (non-hydrogen) atoms. The van der Waals surface area contributed by atoms with Crippen LogP contribution in [-0.4, -0.2) is 67.2 Å². The Balaban J connectivity index is 1.52. The highest BCUT2D eigenvalue weighted by Crippen LogP contribution is 2.25. The van der Waals surface area contributed by atoms with Crippen molar-refractivity contribution in [2.24, 2.45) is 11.6 Å². The second-order valence-corrected chi connectivity index (χ2v) is 7.05. The molecule has 1 aromatic carbocycles.